The average Bonchev–Trinajstić information content (AvgIpc) is 2.93. The minimum Gasteiger partial charge on any atom is -0.489 e. The lowest BCUT2D eigenvalue weighted by molar-refractivity contribution is 0.243. The Morgan fingerprint density at radius 3 is 2.86 bits per heavy atom. The fourth-order valence-electron chi connectivity index (χ4n) is 2.08. The van der Waals surface area contributed by atoms with Gasteiger partial charge >= 0.3 is 0 Å². The molecule has 0 aliphatic heterocycles. The van der Waals surface area contributed by atoms with Crippen LogP contribution in [-0.4, -0.2) is 15.9 Å². The Morgan fingerprint density at radius 1 is 1.38 bits per heavy atom. The molecule has 0 saturated heterocycles. The number of hydrogen-bond acceptors (Lipinski definition) is 4. The van der Waals surface area contributed by atoms with E-state index in [0.717, 1.165) is 23.7 Å². The summed E-state index contributed by atoms with van der Waals surface area (Å²) in [5, 5.41) is 16.6. The van der Waals surface area contributed by atoms with E-state index in [1.165, 1.54) is 0 Å². The van der Waals surface area contributed by atoms with Crippen molar-refractivity contribution in [2.24, 2.45) is 0 Å². The van der Waals surface area contributed by atoms with Crippen LogP contribution in [0.25, 0.3) is 0 Å². The number of nitrogens with one attached hydrogen (secondary N) is 1. The van der Waals surface area contributed by atoms with Crippen molar-refractivity contribution in [3.63, 3.8) is 0 Å². The number of anilines is 1. The SMILES string of the molecule is CCn1nccc1CNc1cc(C#N)ccc1OC(C)C. The summed E-state index contributed by atoms with van der Waals surface area (Å²) < 4.78 is 7.71. The molecule has 0 atom stereocenters. The molecule has 0 unspecified atom stereocenters. The molecular weight excluding hydrogens is 264 g/mol. The third-order valence-corrected chi connectivity index (χ3v) is 3.04. The lowest BCUT2D eigenvalue weighted by Crippen LogP contribution is -2.11. The maximum Gasteiger partial charge on any atom is 0.142 e. The second kappa shape index (κ2) is 6.80. The van der Waals surface area contributed by atoms with Crippen LogP contribution in [0.1, 0.15) is 32.0 Å². The molecule has 0 spiro atoms. The topological polar surface area (TPSA) is 62.9 Å². The van der Waals surface area contributed by atoms with Crippen molar-refractivity contribution in [2.75, 3.05) is 5.32 Å². The highest BCUT2D eigenvalue weighted by Crippen LogP contribution is 2.27. The molecule has 1 aromatic carbocycles. The van der Waals surface area contributed by atoms with Gasteiger partial charge in [-0.15, -0.1) is 0 Å². The molecule has 1 N–H and O–H groups in total. The van der Waals surface area contributed by atoms with Gasteiger partial charge in [0.25, 0.3) is 0 Å². The minimum atomic E-state index is 0.0830. The van der Waals surface area contributed by atoms with Crippen LogP contribution in [0, 0.1) is 11.3 Å². The maximum absolute atomic E-state index is 9.04. The fourth-order valence-corrected chi connectivity index (χ4v) is 2.08. The summed E-state index contributed by atoms with van der Waals surface area (Å²) in [6.07, 6.45) is 1.87. The molecule has 0 radical (unpaired) electrons. The number of benzene rings is 1. The van der Waals surface area contributed by atoms with Crippen LogP contribution in [0.4, 0.5) is 5.69 Å². The normalized spacial score (nSPS) is 10.4. The average molecular weight is 284 g/mol. The second-order valence-electron chi connectivity index (χ2n) is 4.98. The van der Waals surface area contributed by atoms with Gasteiger partial charge in [-0.3, -0.25) is 4.68 Å². The van der Waals surface area contributed by atoms with Gasteiger partial charge in [-0.1, -0.05) is 0 Å². The molecule has 2 rings (SSSR count). The van der Waals surface area contributed by atoms with Gasteiger partial charge in [0, 0.05) is 12.7 Å². The standard InChI is InChI=1S/C16H20N4O/c1-4-20-14(7-8-19-20)11-18-15-9-13(10-17)5-6-16(15)21-12(2)3/h5-9,12,18H,4,11H2,1-3H3. The molecular formula is C16H20N4O. The molecule has 0 aliphatic rings. The first-order valence-electron chi connectivity index (χ1n) is 7.09. The van der Waals surface area contributed by atoms with E-state index >= 15 is 0 Å². The molecule has 0 aliphatic carbocycles. The van der Waals surface area contributed by atoms with Crippen molar-refractivity contribution in [2.45, 2.75) is 40.0 Å². The van der Waals surface area contributed by atoms with E-state index in [0.29, 0.717) is 12.1 Å². The first-order valence-corrected chi connectivity index (χ1v) is 7.09. The highest BCUT2D eigenvalue weighted by Gasteiger charge is 2.08. The molecule has 5 nitrogen and oxygen atoms in total. The summed E-state index contributed by atoms with van der Waals surface area (Å²) in [5.41, 5.74) is 2.53. The summed E-state index contributed by atoms with van der Waals surface area (Å²) in [5.74, 6) is 0.756. The lowest BCUT2D eigenvalue weighted by Gasteiger charge is -2.16. The number of nitrogens with zero attached hydrogens (tertiary/aromatic N) is 3. The van der Waals surface area contributed by atoms with Gasteiger partial charge in [-0.05, 0) is 45.0 Å². The molecule has 5 heteroatoms. The summed E-state index contributed by atoms with van der Waals surface area (Å²) >= 11 is 0. The number of hydrogen-bond donors (Lipinski definition) is 1. The number of aromatic nitrogens is 2. The van der Waals surface area contributed by atoms with Gasteiger partial charge in [0.05, 0.1) is 35.7 Å². The van der Waals surface area contributed by atoms with Crippen molar-refractivity contribution >= 4 is 5.69 Å². The van der Waals surface area contributed by atoms with E-state index < -0.39 is 0 Å². The zero-order valence-electron chi connectivity index (χ0n) is 12.6. The molecule has 0 fully saturated rings. The van der Waals surface area contributed by atoms with E-state index in [1.54, 1.807) is 12.3 Å². The number of aryl methyl sites for hydroxylation is 1. The van der Waals surface area contributed by atoms with Crippen molar-refractivity contribution in [3.05, 3.63) is 41.7 Å². The molecule has 1 aromatic heterocycles. The van der Waals surface area contributed by atoms with Crippen molar-refractivity contribution in [1.82, 2.24) is 9.78 Å². The van der Waals surface area contributed by atoms with Gasteiger partial charge in [0.15, 0.2) is 0 Å². The zero-order valence-corrected chi connectivity index (χ0v) is 12.6. The quantitative estimate of drug-likeness (QED) is 0.885. The third kappa shape index (κ3) is 3.76. The number of ether oxygens (including phenoxy) is 1. The third-order valence-electron chi connectivity index (χ3n) is 3.04. The molecule has 1 heterocycles. The van der Waals surface area contributed by atoms with Crippen LogP contribution in [0.2, 0.25) is 0 Å². The Hall–Kier alpha value is -2.48. The molecule has 0 amide bonds. The van der Waals surface area contributed by atoms with Crippen LogP contribution >= 0.6 is 0 Å². The summed E-state index contributed by atoms with van der Waals surface area (Å²) in [7, 11) is 0. The largest absolute Gasteiger partial charge is 0.489 e. The lowest BCUT2D eigenvalue weighted by atomic mass is 10.2. The molecule has 2 aromatic rings. The smallest absolute Gasteiger partial charge is 0.142 e. The first-order chi connectivity index (χ1) is 10.1. The minimum absolute atomic E-state index is 0.0830. The van der Waals surface area contributed by atoms with Crippen LogP contribution in [0.15, 0.2) is 30.5 Å². The monoisotopic (exact) mass is 284 g/mol. The van der Waals surface area contributed by atoms with E-state index in [-0.39, 0.29) is 6.10 Å². The van der Waals surface area contributed by atoms with Crippen molar-refractivity contribution in [1.29, 1.82) is 5.26 Å². The Morgan fingerprint density at radius 2 is 2.19 bits per heavy atom. The van der Waals surface area contributed by atoms with Gasteiger partial charge in [-0.2, -0.15) is 10.4 Å². The molecule has 21 heavy (non-hydrogen) atoms. The first kappa shape index (κ1) is 14.9. The van der Waals surface area contributed by atoms with Crippen molar-refractivity contribution < 1.29 is 4.74 Å². The van der Waals surface area contributed by atoms with Crippen LogP contribution < -0.4 is 10.1 Å². The Kier molecular flexibility index (Phi) is 4.83. The highest BCUT2D eigenvalue weighted by atomic mass is 16.5. The Balaban J connectivity index is 2.19. The van der Waals surface area contributed by atoms with Crippen molar-refractivity contribution in [3.8, 4) is 11.8 Å². The van der Waals surface area contributed by atoms with Gasteiger partial charge in [0.2, 0.25) is 0 Å². The summed E-state index contributed by atoms with van der Waals surface area (Å²) in [6, 6.07) is 9.53. The Bertz CT molecular complexity index is 640. The second-order valence-corrected chi connectivity index (χ2v) is 4.98. The maximum atomic E-state index is 9.04. The predicted octanol–water partition coefficient (Wildman–Crippen LogP) is 3.17. The summed E-state index contributed by atoms with van der Waals surface area (Å²) in [6.45, 7) is 7.48. The van der Waals surface area contributed by atoms with Crippen LogP contribution in [0.3, 0.4) is 0 Å². The van der Waals surface area contributed by atoms with Crippen LogP contribution in [0.5, 0.6) is 5.75 Å². The summed E-state index contributed by atoms with van der Waals surface area (Å²) in [4.78, 5) is 0. The fraction of sp³-hybridized carbons (Fsp3) is 0.375. The molecule has 0 saturated carbocycles. The van der Waals surface area contributed by atoms with Gasteiger partial charge in [0.1, 0.15) is 5.75 Å². The molecule has 0 bridgehead atoms. The van der Waals surface area contributed by atoms with E-state index in [9.17, 15) is 0 Å². The Labute approximate surface area is 125 Å². The van der Waals surface area contributed by atoms with Crippen LogP contribution in [-0.2, 0) is 13.1 Å². The zero-order chi connectivity index (χ0) is 15.2. The van der Waals surface area contributed by atoms with E-state index in [2.05, 4.69) is 23.4 Å². The van der Waals surface area contributed by atoms with Gasteiger partial charge < -0.3 is 10.1 Å². The molecule has 110 valence electrons. The van der Waals surface area contributed by atoms with Gasteiger partial charge in [-0.25, -0.2) is 0 Å². The van der Waals surface area contributed by atoms with E-state index in [4.69, 9.17) is 10.00 Å². The highest BCUT2D eigenvalue weighted by molar-refractivity contribution is 5.60. The number of nitriles is 1. The predicted molar refractivity (Wildman–Crippen MR) is 82.1 cm³/mol. The van der Waals surface area contributed by atoms with E-state index in [1.807, 2.05) is 36.7 Å². The number of rotatable bonds is 6.